The monoisotopic (exact) mass is 378 g/mol. The molecule has 1 aromatic carbocycles. The lowest BCUT2D eigenvalue weighted by molar-refractivity contribution is 0.148. The van der Waals surface area contributed by atoms with Gasteiger partial charge in [0.1, 0.15) is 0 Å². The van der Waals surface area contributed by atoms with Crippen LogP contribution in [0, 0.1) is 5.92 Å². The van der Waals surface area contributed by atoms with E-state index in [9.17, 15) is 13.5 Å². The van der Waals surface area contributed by atoms with Crippen molar-refractivity contribution in [2.24, 2.45) is 5.92 Å². The molecule has 0 spiro atoms. The number of hydrogen-bond acceptors (Lipinski definition) is 5. The fourth-order valence-electron chi connectivity index (χ4n) is 3.32. The summed E-state index contributed by atoms with van der Waals surface area (Å²) in [6, 6.07) is 10.2. The Morgan fingerprint density at radius 1 is 1.19 bits per heavy atom. The summed E-state index contributed by atoms with van der Waals surface area (Å²) in [6.45, 7) is 2.49. The van der Waals surface area contributed by atoms with Gasteiger partial charge in [0, 0.05) is 52.0 Å². The SMILES string of the molecule is CN(C)S(=O)(=O)C[C@@H]1CN(Cc2cccc(Cn3cccn3)c2)C[C@H]1O. The first-order valence-corrected chi connectivity index (χ1v) is 10.3. The van der Waals surface area contributed by atoms with Gasteiger partial charge in [-0.1, -0.05) is 24.3 Å². The molecule has 0 saturated carbocycles. The van der Waals surface area contributed by atoms with Gasteiger partial charge in [-0.05, 0) is 17.2 Å². The van der Waals surface area contributed by atoms with Gasteiger partial charge < -0.3 is 5.11 Å². The number of β-amino-alcohol motifs (C(OH)–C–C–N with tert-alkyl or cyclic N) is 1. The lowest BCUT2D eigenvalue weighted by Crippen LogP contribution is -2.33. The Balaban J connectivity index is 1.61. The van der Waals surface area contributed by atoms with Crippen LogP contribution in [0.2, 0.25) is 0 Å². The first kappa shape index (κ1) is 19.0. The van der Waals surface area contributed by atoms with Gasteiger partial charge in [-0.15, -0.1) is 0 Å². The molecule has 2 heterocycles. The number of nitrogens with zero attached hydrogens (tertiary/aromatic N) is 4. The van der Waals surface area contributed by atoms with Gasteiger partial charge in [0.15, 0.2) is 0 Å². The Morgan fingerprint density at radius 2 is 1.92 bits per heavy atom. The maximum Gasteiger partial charge on any atom is 0.214 e. The third kappa shape index (κ3) is 4.70. The second-order valence-electron chi connectivity index (χ2n) is 7.11. The Morgan fingerprint density at radius 3 is 2.58 bits per heavy atom. The summed E-state index contributed by atoms with van der Waals surface area (Å²) in [5.41, 5.74) is 2.32. The molecule has 0 bridgehead atoms. The summed E-state index contributed by atoms with van der Waals surface area (Å²) in [5.74, 6) is -0.272. The molecular formula is C18H26N4O3S. The van der Waals surface area contributed by atoms with E-state index in [-0.39, 0.29) is 11.7 Å². The minimum atomic E-state index is -3.31. The molecule has 0 aliphatic carbocycles. The van der Waals surface area contributed by atoms with Crippen LogP contribution in [-0.2, 0) is 23.1 Å². The minimum absolute atomic E-state index is 0.0169. The molecule has 8 heteroatoms. The lowest BCUT2D eigenvalue weighted by atomic mass is 10.1. The Hall–Kier alpha value is -1.74. The van der Waals surface area contributed by atoms with Gasteiger partial charge in [-0.2, -0.15) is 5.10 Å². The van der Waals surface area contributed by atoms with Crippen molar-refractivity contribution in [3.8, 4) is 0 Å². The quantitative estimate of drug-likeness (QED) is 0.764. The number of aromatic nitrogens is 2. The number of benzene rings is 1. The van der Waals surface area contributed by atoms with E-state index in [1.54, 1.807) is 6.20 Å². The molecule has 0 amide bonds. The summed E-state index contributed by atoms with van der Waals surface area (Å²) in [7, 11) is -0.255. The number of rotatable bonds is 7. The largest absolute Gasteiger partial charge is 0.391 e. The lowest BCUT2D eigenvalue weighted by Gasteiger charge is -2.18. The van der Waals surface area contributed by atoms with Gasteiger partial charge in [0.25, 0.3) is 0 Å². The number of aliphatic hydroxyl groups excluding tert-OH is 1. The van der Waals surface area contributed by atoms with Crippen molar-refractivity contribution < 1.29 is 13.5 Å². The molecule has 142 valence electrons. The van der Waals surface area contributed by atoms with E-state index in [4.69, 9.17) is 0 Å². The van der Waals surface area contributed by atoms with E-state index in [2.05, 4.69) is 28.2 Å². The van der Waals surface area contributed by atoms with Crippen LogP contribution < -0.4 is 0 Å². The first-order valence-electron chi connectivity index (χ1n) is 8.69. The summed E-state index contributed by atoms with van der Waals surface area (Å²) >= 11 is 0. The van der Waals surface area contributed by atoms with Crippen molar-refractivity contribution in [3.63, 3.8) is 0 Å². The average Bonchev–Trinajstić information content (AvgIpc) is 3.18. The van der Waals surface area contributed by atoms with E-state index in [1.165, 1.54) is 18.4 Å². The summed E-state index contributed by atoms with van der Waals surface area (Å²) in [6.07, 6.45) is 3.08. The highest BCUT2D eigenvalue weighted by Gasteiger charge is 2.35. The van der Waals surface area contributed by atoms with Crippen molar-refractivity contribution in [2.45, 2.75) is 19.2 Å². The highest BCUT2D eigenvalue weighted by Crippen LogP contribution is 2.22. The zero-order chi connectivity index (χ0) is 18.7. The van der Waals surface area contributed by atoms with Gasteiger partial charge >= 0.3 is 0 Å². The van der Waals surface area contributed by atoms with Crippen LogP contribution in [0.1, 0.15) is 11.1 Å². The van der Waals surface area contributed by atoms with Crippen LogP contribution in [0.15, 0.2) is 42.7 Å². The second kappa shape index (κ2) is 7.87. The average molecular weight is 378 g/mol. The Labute approximate surface area is 154 Å². The predicted octanol–water partition coefficient (Wildman–Crippen LogP) is 0.615. The molecule has 1 fully saturated rings. The Bertz CT molecular complexity index is 821. The van der Waals surface area contributed by atoms with Crippen molar-refractivity contribution in [1.29, 1.82) is 0 Å². The van der Waals surface area contributed by atoms with E-state index in [1.807, 2.05) is 23.0 Å². The number of hydrogen-bond donors (Lipinski definition) is 1. The molecule has 1 aliphatic rings. The Kier molecular flexibility index (Phi) is 5.76. The molecule has 7 nitrogen and oxygen atoms in total. The molecular weight excluding hydrogens is 352 g/mol. The molecule has 0 radical (unpaired) electrons. The summed E-state index contributed by atoms with van der Waals surface area (Å²) < 4.78 is 27.3. The smallest absolute Gasteiger partial charge is 0.214 e. The normalized spacial score (nSPS) is 21.5. The molecule has 3 rings (SSSR count). The van der Waals surface area contributed by atoms with Crippen LogP contribution in [0.5, 0.6) is 0 Å². The zero-order valence-electron chi connectivity index (χ0n) is 15.2. The number of aliphatic hydroxyl groups is 1. The molecule has 1 saturated heterocycles. The highest BCUT2D eigenvalue weighted by molar-refractivity contribution is 7.89. The maximum absolute atomic E-state index is 12.1. The fraction of sp³-hybridized carbons (Fsp3) is 0.500. The number of likely N-dealkylation sites (tertiary alicyclic amines) is 1. The minimum Gasteiger partial charge on any atom is -0.391 e. The standard InChI is InChI=1S/C18H26N4O3S/c1-20(2)26(24,25)14-17-12-21(13-18(17)23)10-15-5-3-6-16(9-15)11-22-8-4-7-19-22/h3-9,17-18,23H,10-14H2,1-2H3/t17-,18+/m0/s1. The fourth-order valence-corrected chi connectivity index (χ4v) is 4.49. The predicted molar refractivity (Wildman–Crippen MR) is 100 cm³/mol. The van der Waals surface area contributed by atoms with Gasteiger partial charge in [0.2, 0.25) is 10.0 Å². The van der Waals surface area contributed by atoms with E-state index >= 15 is 0 Å². The van der Waals surface area contributed by atoms with Crippen LogP contribution in [0.4, 0.5) is 0 Å². The van der Waals surface area contributed by atoms with E-state index in [0.717, 1.165) is 11.1 Å². The van der Waals surface area contributed by atoms with Crippen LogP contribution in [0.25, 0.3) is 0 Å². The molecule has 2 atom stereocenters. The van der Waals surface area contributed by atoms with Crippen molar-refractivity contribution in [3.05, 3.63) is 53.9 Å². The van der Waals surface area contributed by atoms with Crippen molar-refractivity contribution in [1.82, 2.24) is 19.0 Å². The topological polar surface area (TPSA) is 78.7 Å². The molecule has 1 N–H and O–H groups in total. The maximum atomic E-state index is 12.1. The molecule has 26 heavy (non-hydrogen) atoms. The summed E-state index contributed by atoms with van der Waals surface area (Å²) in [5, 5.41) is 14.5. The van der Waals surface area contributed by atoms with Crippen molar-refractivity contribution in [2.75, 3.05) is 32.9 Å². The van der Waals surface area contributed by atoms with Gasteiger partial charge in [-0.25, -0.2) is 12.7 Å². The molecule has 1 aromatic heterocycles. The molecule has 2 aromatic rings. The zero-order valence-corrected chi connectivity index (χ0v) is 16.0. The van der Waals surface area contributed by atoms with Gasteiger partial charge in [-0.3, -0.25) is 9.58 Å². The number of sulfonamides is 1. The summed E-state index contributed by atoms with van der Waals surface area (Å²) in [4.78, 5) is 2.12. The van der Waals surface area contributed by atoms with E-state index in [0.29, 0.717) is 26.2 Å². The highest BCUT2D eigenvalue weighted by atomic mass is 32.2. The second-order valence-corrected chi connectivity index (χ2v) is 9.33. The third-order valence-electron chi connectivity index (χ3n) is 4.76. The molecule has 1 aliphatic heterocycles. The van der Waals surface area contributed by atoms with Gasteiger partial charge in [0.05, 0.1) is 18.4 Å². The van der Waals surface area contributed by atoms with E-state index < -0.39 is 16.1 Å². The van der Waals surface area contributed by atoms with Crippen LogP contribution >= 0.6 is 0 Å². The third-order valence-corrected chi connectivity index (χ3v) is 6.73. The van der Waals surface area contributed by atoms with Crippen molar-refractivity contribution >= 4 is 10.0 Å². The molecule has 0 unspecified atom stereocenters. The van der Waals surface area contributed by atoms with Crippen LogP contribution in [0.3, 0.4) is 0 Å². The van der Waals surface area contributed by atoms with Crippen LogP contribution in [-0.4, -0.2) is 71.6 Å². The first-order chi connectivity index (χ1) is 12.3.